The van der Waals surface area contributed by atoms with E-state index in [9.17, 15) is 9.59 Å². The number of amides is 2. The van der Waals surface area contributed by atoms with Gasteiger partial charge in [0.25, 0.3) is 0 Å². The highest BCUT2D eigenvalue weighted by atomic mass is 16.2. The Morgan fingerprint density at radius 2 is 2.04 bits per heavy atom. The van der Waals surface area contributed by atoms with E-state index in [4.69, 9.17) is 0 Å². The van der Waals surface area contributed by atoms with E-state index >= 15 is 0 Å². The van der Waals surface area contributed by atoms with E-state index in [1.807, 2.05) is 54.4 Å². The first-order chi connectivity index (χ1) is 13.6. The fraction of sp³-hybridized carbons (Fsp3) is 0.304. The Morgan fingerprint density at radius 3 is 2.86 bits per heavy atom. The van der Waals surface area contributed by atoms with Crippen LogP contribution in [0.2, 0.25) is 0 Å². The molecule has 144 valence electrons. The van der Waals surface area contributed by atoms with Gasteiger partial charge in [-0.15, -0.1) is 0 Å². The zero-order chi connectivity index (χ0) is 19.5. The number of rotatable bonds is 6. The van der Waals surface area contributed by atoms with Crippen LogP contribution in [0.4, 0.5) is 0 Å². The molecule has 0 saturated carbocycles. The molecule has 1 fully saturated rings. The molecule has 2 atom stereocenters. The third kappa shape index (κ3) is 3.79. The standard InChI is InChI=1S/C23H25N3O2/c1-16(18-5-3-2-4-6-18)26-15-20(14-22(26)27)23(28)25-11-9-17-7-8-21-19(13-17)10-12-24-21/h2-8,10,12-13,16,20,24H,9,11,14-15H2,1H3,(H,25,28). The number of nitrogens with zero attached hydrogens (tertiary/aromatic N) is 1. The van der Waals surface area contributed by atoms with Crippen molar-refractivity contribution >= 4 is 22.7 Å². The van der Waals surface area contributed by atoms with Gasteiger partial charge in [-0.05, 0) is 48.1 Å². The van der Waals surface area contributed by atoms with Crippen LogP contribution in [0.25, 0.3) is 10.9 Å². The highest BCUT2D eigenvalue weighted by Crippen LogP contribution is 2.28. The van der Waals surface area contributed by atoms with Crippen molar-refractivity contribution in [2.45, 2.75) is 25.8 Å². The third-order valence-electron chi connectivity index (χ3n) is 5.61. The molecule has 4 rings (SSSR count). The average Bonchev–Trinajstić information content (AvgIpc) is 3.34. The molecule has 2 heterocycles. The van der Waals surface area contributed by atoms with Crippen LogP contribution in [-0.4, -0.2) is 34.8 Å². The summed E-state index contributed by atoms with van der Waals surface area (Å²) in [5, 5.41) is 4.19. The molecule has 0 spiro atoms. The molecule has 1 aliphatic rings. The van der Waals surface area contributed by atoms with Crippen molar-refractivity contribution in [3.8, 4) is 0 Å². The molecular formula is C23H25N3O2. The number of benzene rings is 2. The molecule has 0 aliphatic carbocycles. The van der Waals surface area contributed by atoms with Gasteiger partial charge in [0, 0.05) is 31.2 Å². The molecule has 1 aromatic heterocycles. The Morgan fingerprint density at radius 1 is 1.21 bits per heavy atom. The van der Waals surface area contributed by atoms with Gasteiger partial charge in [-0.3, -0.25) is 9.59 Å². The number of H-pyrrole nitrogens is 1. The average molecular weight is 375 g/mol. The number of likely N-dealkylation sites (tertiary alicyclic amines) is 1. The van der Waals surface area contributed by atoms with E-state index in [0.29, 0.717) is 13.1 Å². The summed E-state index contributed by atoms with van der Waals surface area (Å²) in [5.74, 6) is -0.251. The molecule has 3 aromatic rings. The number of carbonyl (C=O) groups is 2. The summed E-state index contributed by atoms with van der Waals surface area (Å²) in [6.07, 6.45) is 2.99. The van der Waals surface area contributed by atoms with Gasteiger partial charge in [0.15, 0.2) is 0 Å². The van der Waals surface area contributed by atoms with Crippen LogP contribution in [-0.2, 0) is 16.0 Å². The lowest BCUT2D eigenvalue weighted by molar-refractivity contribution is -0.130. The molecule has 5 nitrogen and oxygen atoms in total. The Balaban J connectivity index is 1.30. The molecule has 2 amide bonds. The molecule has 2 aromatic carbocycles. The van der Waals surface area contributed by atoms with Crippen molar-refractivity contribution < 1.29 is 9.59 Å². The maximum Gasteiger partial charge on any atom is 0.225 e. The summed E-state index contributed by atoms with van der Waals surface area (Å²) in [6, 6.07) is 18.3. The van der Waals surface area contributed by atoms with Crippen molar-refractivity contribution in [2.75, 3.05) is 13.1 Å². The normalized spacial score (nSPS) is 17.8. The summed E-state index contributed by atoms with van der Waals surface area (Å²) in [4.78, 5) is 30.0. The van der Waals surface area contributed by atoms with E-state index in [-0.39, 0.29) is 30.2 Å². The van der Waals surface area contributed by atoms with Crippen LogP contribution >= 0.6 is 0 Å². The number of aromatic nitrogens is 1. The summed E-state index contributed by atoms with van der Waals surface area (Å²) < 4.78 is 0. The van der Waals surface area contributed by atoms with Gasteiger partial charge in [-0.2, -0.15) is 0 Å². The number of carbonyl (C=O) groups excluding carboxylic acids is 2. The summed E-state index contributed by atoms with van der Waals surface area (Å²) in [7, 11) is 0. The molecule has 0 bridgehead atoms. The first-order valence-corrected chi connectivity index (χ1v) is 9.80. The van der Waals surface area contributed by atoms with Crippen molar-refractivity contribution in [2.24, 2.45) is 5.92 Å². The molecular weight excluding hydrogens is 350 g/mol. The molecule has 0 radical (unpaired) electrons. The quantitative estimate of drug-likeness (QED) is 0.693. The van der Waals surface area contributed by atoms with Crippen molar-refractivity contribution in [1.29, 1.82) is 0 Å². The number of aromatic amines is 1. The predicted octanol–water partition coefficient (Wildman–Crippen LogP) is 3.44. The lowest BCUT2D eigenvalue weighted by atomic mass is 10.1. The van der Waals surface area contributed by atoms with Gasteiger partial charge in [0.05, 0.1) is 12.0 Å². The van der Waals surface area contributed by atoms with E-state index < -0.39 is 0 Å². The van der Waals surface area contributed by atoms with Crippen LogP contribution in [0.15, 0.2) is 60.8 Å². The van der Waals surface area contributed by atoms with E-state index in [2.05, 4.69) is 28.5 Å². The van der Waals surface area contributed by atoms with Gasteiger partial charge >= 0.3 is 0 Å². The second-order valence-corrected chi connectivity index (χ2v) is 7.47. The third-order valence-corrected chi connectivity index (χ3v) is 5.61. The van der Waals surface area contributed by atoms with E-state index in [0.717, 1.165) is 17.5 Å². The monoisotopic (exact) mass is 375 g/mol. The minimum Gasteiger partial charge on any atom is -0.361 e. The van der Waals surface area contributed by atoms with Crippen molar-refractivity contribution in [1.82, 2.24) is 15.2 Å². The molecule has 2 unspecified atom stereocenters. The maximum absolute atomic E-state index is 12.6. The van der Waals surface area contributed by atoms with Gasteiger partial charge in [0.2, 0.25) is 11.8 Å². The zero-order valence-corrected chi connectivity index (χ0v) is 16.0. The smallest absolute Gasteiger partial charge is 0.225 e. The number of fused-ring (bicyclic) bond motifs is 1. The highest BCUT2D eigenvalue weighted by molar-refractivity contribution is 5.89. The first-order valence-electron chi connectivity index (χ1n) is 9.80. The summed E-state index contributed by atoms with van der Waals surface area (Å²) >= 11 is 0. The van der Waals surface area contributed by atoms with Crippen molar-refractivity contribution in [3.63, 3.8) is 0 Å². The first kappa shape index (κ1) is 18.3. The Kier molecular flexibility index (Phi) is 5.15. The predicted molar refractivity (Wildman–Crippen MR) is 110 cm³/mol. The summed E-state index contributed by atoms with van der Waals surface area (Å²) in [6.45, 7) is 3.08. The topological polar surface area (TPSA) is 65.2 Å². The molecule has 28 heavy (non-hydrogen) atoms. The zero-order valence-electron chi connectivity index (χ0n) is 16.0. The molecule has 1 aliphatic heterocycles. The highest BCUT2D eigenvalue weighted by Gasteiger charge is 2.36. The van der Waals surface area contributed by atoms with Crippen LogP contribution in [0.5, 0.6) is 0 Å². The maximum atomic E-state index is 12.6. The molecule has 1 saturated heterocycles. The van der Waals surface area contributed by atoms with Gasteiger partial charge in [0.1, 0.15) is 0 Å². The lowest BCUT2D eigenvalue weighted by Crippen LogP contribution is -2.34. The second kappa shape index (κ2) is 7.89. The number of nitrogens with one attached hydrogen (secondary N) is 2. The Bertz CT molecular complexity index is 980. The fourth-order valence-electron chi connectivity index (χ4n) is 3.93. The fourth-order valence-corrected chi connectivity index (χ4v) is 3.93. The van der Waals surface area contributed by atoms with Gasteiger partial charge in [-0.1, -0.05) is 36.4 Å². The SMILES string of the molecule is CC(c1ccccc1)N1CC(C(=O)NCCc2ccc3[nH]ccc3c2)CC1=O. The number of hydrogen-bond acceptors (Lipinski definition) is 2. The minimum absolute atomic E-state index is 0.0143. The van der Waals surface area contributed by atoms with Crippen LogP contribution in [0, 0.1) is 5.92 Å². The van der Waals surface area contributed by atoms with Crippen molar-refractivity contribution in [3.05, 3.63) is 71.9 Å². The van der Waals surface area contributed by atoms with E-state index in [1.165, 1.54) is 10.9 Å². The van der Waals surface area contributed by atoms with Crippen LogP contribution in [0.3, 0.4) is 0 Å². The largest absolute Gasteiger partial charge is 0.361 e. The van der Waals surface area contributed by atoms with Crippen LogP contribution < -0.4 is 5.32 Å². The Hall–Kier alpha value is -3.08. The van der Waals surface area contributed by atoms with Gasteiger partial charge in [-0.25, -0.2) is 0 Å². The lowest BCUT2D eigenvalue weighted by Gasteiger charge is -2.25. The van der Waals surface area contributed by atoms with Crippen LogP contribution in [0.1, 0.15) is 30.5 Å². The Labute approximate surface area is 164 Å². The minimum atomic E-state index is -0.272. The molecule has 2 N–H and O–H groups in total. The second-order valence-electron chi connectivity index (χ2n) is 7.47. The van der Waals surface area contributed by atoms with Gasteiger partial charge < -0.3 is 15.2 Å². The summed E-state index contributed by atoms with van der Waals surface area (Å²) in [5.41, 5.74) is 3.40. The molecule has 5 heteroatoms. The number of hydrogen-bond donors (Lipinski definition) is 2. The van der Waals surface area contributed by atoms with E-state index in [1.54, 1.807) is 0 Å².